The second-order valence-electron chi connectivity index (χ2n) is 7.88. The highest BCUT2D eigenvalue weighted by Crippen LogP contribution is 2.35. The van der Waals surface area contributed by atoms with Gasteiger partial charge in [0.2, 0.25) is 0 Å². The van der Waals surface area contributed by atoms with Gasteiger partial charge >= 0.3 is 0 Å². The van der Waals surface area contributed by atoms with Crippen molar-refractivity contribution in [2.45, 2.75) is 81.1 Å². The molecular weight excluding hydrogens is 204 g/mol. The van der Waals surface area contributed by atoms with Crippen molar-refractivity contribution in [3.05, 3.63) is 0 Å². The minimum absolute atomic E-state index is 0.523. The first-order valence-corrected chi connectivity index (χ1v) is 7.64. The molecule has 0 aliphatic heterocycles. The standard InChI is InChI=1S/C17H36/c1-13(2)9-10-17(7,8)12-16(6)15(5)11-14(3)4/h13-16H,9-12H2,1-8H3. The van der Waals surface area contributed by atoms with Crippen LogP contribution in [0.5, 0.6) is 0 Å². The van der Waals surface area contributed by atoms with E-state index in [1.807, 2.05) is 0 Å². The molecule has 0 radical (unpaired) electrons. The van der Waals surface area contributed by atoms with Crippen LogP contribution in [0.15, 0.2) is 0 Å². The van der Waals surface area contributed by atoms with Crippen molar-refractivity contribution in [1.29, 1.82) is 0 Å². The van der Waals surface area contributed by atoms with Gasteiger partial charge in [0.25, 0.3) is 0 Å². The monoisotopic (exact) mass is 240 g/mol. The fourth-order valence-electron chi connectivity index (χ4n) is 2.83. The lowest BCUT2D eigenvalue weighted by Crippen LogP contribution is -2.21. The largest absolute Gasteiger partial charge is 0.0628 e. The van der Waals surface area contributed by atoms with Crippen molar-refractivity contribution >= 4 is 0 Å². The predicted octanol–water partition coefficient (Wildman–Crippen LogP) is 6.16. The molecule has 0 aromatic carbocycles. The molecule has 0 spiro atoms. The van der Waals surface area contributed by atoms with Crippen LogP contribution >= 0.6 is 0 Å². The Morgan fingerprint density at radius 1 is 0.765 bits per heavy atom. The Labute approximate surface area is 111 Å². The van der Waals surface area contributed by atoms with Crippen LogP contribution in [-0.2, 0) is 0 Å². The molecule has 104 valence electrons. The molecule has 0 saturated heterocycles. The van der Waals surface area contributed by atoms with Gasteiger partial charge < -0.3 is 0 Å². The topological polar surface area (TPSA) is 0 Å². The summed E-state index contributed by atoms with van der Waals surface area (Å²) < 4.78 is 0. The summed E-state index contributed by atoms with van der Waals surface area (Å²) in [7, 11) is 0. The minimum atomic E-state index is 0.523. The van der Waals surface area contributed by atoms with Crippen LogP contribution in [-0.4, -0.2) is 0 Å². The van der Waals surface area contributed by atoms with Gasteiger partial charge in [-0.3, -0.25) is 0 Å². The van der Waals surface area contributed by atoms with Gasteiger partial charge in [-0.05, 0) is 48.3 Å². The average Bonchev–Trinajstić information content (AvgIpc) is 2.13. The van der Waals surface area contributed by atoms with E-state index in [1.165, 1.54) is 25.7 Å². The van der Waals surface area contributed by atoms with Crippen molar-refractivity contribution in [2.24, 2.45) is 29.1 Å². The molecule has 2 atom stereocenters. The number of hydrogen-bond acceptors (Lipinski definition) is 0. The second kappa shape index (κ2) is 7.44. The molecule has 0 saturated carbocycles. The number of hydrogen-bond donors (Lipinski definition) is 0. The third kappa shape index (κ3) is 8.69. The molecule has 0 aliphatic carbocycles. The molecule has 0 nitrogen and oxygen atoms in total. The van der Waals surface area contributed by atoms with E-state index in [-0.39, 0.29) is 0 Å². The zero-order chi connectivity index (χ0) is 13.6. The Bertz CT molecular complexity index is 188. The van der Waals surface area contributed by atoms with Gasteiger partial charge in [0.15, 0.2) is 0 Å². The molecule has 0 bridgehead atoms. The highest BCUT2D eigenvalue weighted by Gasteiger charge is 2.24. The van der Waals surface area contributed by atoms with Crippen LogP contribution < -0.4 is 0 Å². The highest BCUT2D eigenvalue weighted by molar-refractivity contribution is 4.75. The Morgan fingerprint density at radius 3 is 1.71 bits per heavy atom. The van der Waals surface area contributed by atoms with Crippen LogP contribution in [0.1, 0.15) is 81.1 Å². The summed E-state index contributed by atoms with van der Waals surface area (Å²) in [5, 5.41) is 0. The lowest BCUT2D eigenvalue weighted by Gasteiger charge is -2.32. The van der Waals surface area contributed by atoms with Crippen LogP contribution in [0.4, 0.5) is 0 Å². The highest BCUT2D eigenvalue weighted by atomic mass is 14.3. The van der Waals surface area contributed by atoms with E-state index in [4.69, 9.17) is 0 Å². The van der Waals surface area contributed by atoms with E-state index < -0.39 is 0 Å². The predicted molar refractivity (Wildman–Crippen MR) is 80.3 cm³/mol. The van der Waals surface area contributed by atoms with Crippen molar-refractivity contribution < 1.29 is 0 Å². The molecule has 17 heavy (non-hydrogen) atoms. The third-order valence-corrected chi connectivity index (χ3v) is 4.09. The third-order valence-electron chi connectivity index (χ3n) is 4.09. The summed E-state index contributed by atoms with van der Waals surface area (Å²) in [6.07, 6.45) is 5.51. The van der Waals surface area contributed by atoms with E-state index in [9.17, 15) is 0 Å². The van der Waals surface area contributed by atoms with Gasteiger partial charge in [-0.25, -0.2) is 0 Å². The first-order valence-electron chi connectivity index (χ1n) is 7.64. The van der Waals surface area contributed by atoms with Gasteiger partial charge in [-0.15, -0.1) is 0 Å². The molecule has 0 N–H and O–H groups in total. The normalized spacial score (nSPS) is 16.6. The summed E-state index contributed by atoms with van der Waals surface area (Å²) in [6, 6.07) is 0. The molecule has 2 unspecified atom stereocenters. The van der Waals surface area contributed by atoms with E-state index in [0.29, 0.717) is 5.41 Å². The Hall–Kier alpha value is 0. The second-order valence-corrected chi connectivity index (χ2v) is 7.88. The van der Waals surface area contributed by atoms with Crippen LogP contribution in [0.3, 0.4) is 0 Å². The maximum Gasteiger partial charge on any atom is -0.0351 e. The summed E-state index contributed by atoms with van der Waals surface area (Å²) >= 11 is 0. The lowest BCUT2D eigenvalue weighted by molar-refractivity contribution is 0.191. The van der Waals surface area contributed by atoms with Crippen molar-refractivity contribution in [2.75, 3.05) is 0 Å². The molecule has 0 aromatic heterocycles. The van der Waals surface area contributed by atoms with E-state index >= 15 is 0 Å². The van der Waals surface area contributed by atoms with Crippen LogP contribution in [0.25, 0.3) is 0 Å². The van der Waals surface area contributed by atoms with E-state index in [1.54, 1.807) is 0 Å². The minimum Gasteiger partial charge on any atom is -0.0628 e. The summed E-state index contributed by atoms with van der Waals surface area (Å²) in [6.45, 7) is 19.1. The first-order chi connectivity index (χ1) is 7.64. The van der Waals surface area contributed by atoms with Crippen molar-refractivity contribution in [1.82, 2.24) is 0 Å². The zero-order valence-electron chi connectivity index (χ0n) is 13.6. The van der Waals surface area contributed by atoms with Gasteiger partial charge in [0.1, 0.15) is 0 Å². The quantitative estimate of drug-likeness (QED) is 0.477. The molecule has 0 aromatic rings. The average molecular weight is 240 g/mol. The van der Waals surface area contributed by atoms with Gasteiger partial charge in [0.05, 0.1) is 0 Å². The maximum atomic E-state index is 2.45. The summed E-state index contributed by atoms with van der Waals surface area (Å²) in [4.78, 5) is 0. The van der Waals surface area contributed by atoms with E-state index in [2.05, 4.69) is 55.4 Å². The fraction of sp³-hybridized carbons (Fsp3) is 1.00. The molecule has 0 heterocycles. The Morgan fingerprint density at radius 2 is 1.29 bits per heavy atom. The molecule has 0 rings (SSSR count). The molecule has 0 aliphatic rings. The molecule has 0 fully saturated rings. The molecule has 0 amide bonds. The fourth-order valence-corrected chi connectivity index (χ4v) is 2.83. The zero-order valence-corrected chi connectivity index (χ0v) is 13.6. The maximum absolute atomic E-state index is 2.45. The van der Waals surface area contributed by atoms with E-state index in [0.717, 1.165) is 23.7 Å². The molecular formula is C17H36. The van der Waals surface area contributed by atoms with Crippen LogP contribution in [0, 0.1) is 29.1 Å². The molecule has 0 heteroatoms. The Balaban J connectivity index is 4.11. The van der Waals surface area contributed by atoms with Crippen LogP contribution in [0.2, 0.25) is 0 Å². The smallest absolute Gasteiger partial charge is 0.0351 e. The van der Waals surface area contributed by atoms with Gasteiger partial charge in [0, 0.05) is 0 Å². The van der Waals surface area contributed by atoms with Crippen molar-refractivity contribution in [3.8, 4) is 0 Å². The SMILES string of the molecule is CC(C)CCC(C)(C)CC(C)C(C)CC(C)C. The van der Waals surface area contributed by atoms with Crippen molar-refractivity contribution in [3.63, 3.8) is 0 Å². The van der Waals surface area contributed by atoms with Gasteiger partial charge in [-0.1, -0.05) is 61.8 Å². The summed E-state index contributed by atoms with van der Waals surface area (Å²) in [5.41, 5.74) is 0.523. The summed E-state index contributed by atoms with van der Waals surface area (Å²) in [5.74, 6) is 3.41. The Kier molecular flexibility index (Phi) is 7.44. The lowest BCUT2D eigenvalue weighted by atomic mass is 9.74. The first kappa shape index (κ1) is 17.0. The number of rotatable bonds is 8. The van der Waals surface area contributed by atoms with Gasteiger partial charge in [-0.2, -0.15) is 0 Å².